The highest BCUT2D eigenvalue weighted by atomic mass is 16.3. The molecule has 1 aliphatic rings. The molecule has 0 aromatic carbocycles. The molecule has 0 aromatic rings. The maximum absolute atomic E-state index is 9.17. The molecular weight excluding hydrogens is 132 g/mol. The van der Waals surface area contributed by atoms with Crippen LogP contribution in [0.2, 0.25) is 0 Å². The molecule has 0 amide bonds. The quantitative estimate of drug-likeness (QED) is 0.320. The fourth-order valence-electron chi connectivity index (χ4n) is 1.05. The van der Waals surface area contributed by atoms with Gasteiger partial charge in [-0.05, 0) is 5.53 Å². The molecule has 2 N–H and O–H groups in total. The smallest absolute Gasteiger partial charge is 0.0706 e. The predicted octanol–water partition coefficient (Wildman–Crippen LogP) is -0.123. The Kier molecular flexibility index (Phi) is 2.50. The Hall–Kier alpha value is -0.770. The van der Waals surface area contributed by atoms with Crippen molar-refractivity contribution < 1.29 is 5.11 Å². The van der Waals surface area contributed by atoms with E-state index in [0.29, 0.717) is 13.1 Å². The average molecular weight is 142 g/mol. The molecule has 0 unspecified atom stereocenters. The Morgan fingerprint density at radius 1 is 1.70 bits per heavy atom. The molecule has 1 heterocycles. The van der Waals surface area contributed by atoms with Gasteiger partial charge >= 0.3 is 0 Å². The van der Waals surface area contributed by atoms with E-state index in [1.807, 2.05) is 0 Å². The normalized spacial score (nSPS) is 31.7. The van der Waals surface area contributed by atoms with E-state index in [2.05, 4.69) is 15.3 Å². The van der Waals surface area contributed by atoms with Crippen LogP contribution in [-0.2, 0) is 0 Å². The van der Waals surface area contributed by atoms with E-state index in [9.17, 15) is 0 Å². The summed E-state index contributed by atoms with van der Waals surface area (Å²) >= 11 is 0. The van der Waals surface area contributed by atoms with Gasteiger partial charge in [0, 0.05) is 30.5 Å². The number of aliphatic hydroxyl groups is 1. The minimum Gasteiger partial charge on any atom is -0.391 e. The molecule has 0 bridgehead atoms. The number of hydrogen-bond donors (Lipinski definition) is 2. The Bertz CT molecular complexity index is 154. The van der Waals surface area contributed by atoms with Gasteiger partial charge in [-0.15, -0.1) is 0 Å². The first kappa shape index (κ1) is 7.34. The van der Waals surface area contributed by atoms with Gasteiger partial charge < -0.3 is 10.4 Å². The summed E-state index contributed by atoms with van der Waals surface area (Å²) in [5.74, 6) is 0.107. The van der Waals surface area contributed by atoms with Crippen LogP contribution in [0.3, 0.4) is 0 Å². The lowest BCUT2D eigenvalue weighted by atomic mass is 10.1. The lowest BCUT2D eigenvalue weighted by Crippen LogP contribution is -2.19. The molecule has 0 saturated carbocycles. The zero-order chi connectivity index (χ0) is 7.40. The Labute approximate surface area is 58.7 Å². The van der Waals surface area contributed by atoms with E-state index >= 15 is 0 Å². The Morgan fingerprint density at radius 3 is 3.00 bits per heavy atom. The summed E-state index contributed by atoms with van der Waals surface area (Å²) < 4.78 is 0. The number of azide groups is 1. The van der Waals surface area contributed by atoms with Crippen molar-refractivity contribution in [3.63, 3.8) is 0 Å². The molecule has 0 spiro atoms. The molecule has 5 heteroatoms. The molecule has 1 fully saturated rings. The third kappa shape index (κ3) is 1.60. The standard InChI is InChI=1S/C5H10N4O/c6-9-8-2-4-1-7-3-5(4)10/h4-5,7,10H,1-3H2/t4-,5+/m0/s1. The fourth-order valence-corrected chi connectivity index (χ4v) is 1.05. The molecule has 1 saturated heterocycles. The molecule has 0 aromatic heterocycles. The van der Waals surface area contributed by atoms with E-state index in [0.717, 1.165) is 6.54 Å². The zero-order valence-corrected chi connectivity index (χ0v) is 5.56. The average Bonchev–Trinajstić information content (AvgIpc) is 2.31. The summed E-state index contributed by atoms with van der Waals surface area (Å²) in [6, 6.07) is 0. The third-order valence-corrected chi connectivity index (χ3v) is 1.68. The van der Waals surface area contributed by atoms with Crippen LogP contribution in [0.25, 0.3) is 10.4 Å². The lowest BCUT2D eigenvalue weighted by Gasteiger charge is -2.07. The minimum absolute atomic E-state index is 0.107. The summed E-state index contributed by atoms with van der Waals surface area (Å²) in [6.45, 7) is 1.76. The topological polar surface area (TPSA) is 81.0 Å². The van der Waals surface area contributed by atoms with E-state index in [1.165, 1.54) is 0 Å². The largest absolute Gasteiger partial charge is 0.391 e. The van der Waals surface area contributed by atoms with E-state index in [4.69, 9.17) is 10.6 Å². The molecule has 1 rings (SSSR count). The van der Waals surface area contributed by atoms with Crippen molar-refractivity contribution in [1.29, 1.82) is 0 Å². The molecule has 0 radical (unpaired) electrons. The molecule has 56 valence electrons. The first-order valence-electron chi connectivity index (χ1n) is 3.24. The summed E-state index contributed by atoms with van der Waals surface area (Å²) in [5, 5.41) is 15.6. The highest BCUT2D eigenvalue weighted by Crippen LogP contribution is 2.08. The van der Waals surface area contributed by atoms with Crippen molar-refractivity contribution in [2.75, 3.05) is 19.6 Å². The van der Waals surface area contributed by atoms with Gasteiger partial charge in [0.1, 0.15) is 0 Å². The SMILES string of the molecule is [N-]=[N+]=NC[C@@H]1CNC[C@H]1O. The number of hydrogen-bond acceptors (Lipinski definition) is 3. The maximum Gasteiger partial charge on any atom is 0.0706 e. The number of nitrogens with one attached hydrogen (secondary N) is 1. The zero-order valence-electron chi connectivity index (χ0n) is 5.56. The van der Waals surface area contributed by atoms with Crippen molar-refractivity contribution in [3.8, 4) is 0 Å². The lowest BCUT2D eigenvalue weighted by molar-refractivity contribution is 0.151. The number of rotatable bonds is 2. The second-order valence-corrected chi connectivity index (χ2v) is 2.40. The Balaban J connectivity index is 2.32. The van der Waals surface area contributed by atoms with Gasteiger partial charge in [0.05, 0.1) is 6.10 Å². The summed E-state index contributed by atoms with van der Waals surface area (Å²) in [6.07, 6.45) is -0.342. The van der Waals surface area contributed by atoms with Gasteiger partial charge in [-0.1, -0.05) is 5.11 Å². The highest BCUT2D eigenvalue weighted by Gasteiger charge is 2.23. The van der Waals surface area contributed by atoms with Gasteiger partial charge in [0.15, 0.2) is 0 Å². The monoisotopic (exact) mass is 142 g/mol. The molecule has 1 aliphatic heterocycles. The van der Waals surface area contributed by atoms with Crippen LogP contribution in [-0.4, -0.2) is 30.8 Å². The van der Waals surface area contributed by atoms with Crippen LogP contribution in [0.4, 0.5) is 0 Å². The van der Waals surface area contributed by atoms with E-state index < -0.39 is 0 Å². The minimum atomic E-state index is -0.342. The van der Waals surface area contributed by atoms with Crippen molar-refractivity contribution in [1.82, 2.24) is 5.32 Å². The van der Waals surface area contributed by atoms with Crippen LogP contribution < -0.4 is 5.32 Å². The van der Waals surface area contributed by atoms with Gasteiger partial charge in [0.2, 0.25) is 0 Å². The molecule has 2 atom stereocenters. The molecular formula is C5H10N4O. The third-order valence-electron chi connectivity index (χ3n) is 1.68. The van der Waals surface area contributed by atoms with Gasteiger partial charge in [-0.3, -0.25) is 0 Å². The molecule has 0 aliphatic carbocycles. The van der Waals surface area contributed by atoms with Crippen molar-refractivity contribution >= 4 is 0 Å². The van der Waals surface area contributed by atoms with E-state index in [1.54, 1.807) is 0 Å². The van der Waals surface area contributed by atoms with Crippen molar-refractivity contribution in [3.05, 3.63) is 10.4 Å². The van der Waals surface area contributed by atoms with Gasteiger partial charge in [0.25, 0.3) is 0 Å². The van der Waals surface area contributed by atoms with Crippen LogP contribution in [0.1, 0.15) is 0 Å². The summed E-state index contributed by atoms with van der Waals surface area (Å²) in [7, 11) is 0. The number of nitrogens with zero attached hydrogens (tertiary/aromatic N) is 3. The van der Waals surface area contributed by atoms with E-state index in [-0.39, 0.29) is 12.0 Å². The summed E-state index contributed by atoms with van der Waals surface area (Å²) in [4.78, 5) is 2.62. The fraction of sp³-hybridized carbons (Fsp3) is 1.00. The van der Waals surface area contributed by atoms with Crippen molar-refractivity contribution in [2.24, 2.45) is 11.0 Å². The molecule has 5 nitrogen and oxygen atoms in total. The van der Waals surface area contributed by atoms with Gasteiger partial charge in [-0.25, -0.2) is 0 Å². The first-order chi connectivity index (χ1) is 4.84. The first-order valence-corrected chi connectivity index (χ1v) is 3.24. The Morgan fingerprint density at radius 2 is 2.50 bits per heavy atom. The molecule has 10 heavy (non-hydrogen) atoms. The van der Waals surface area contributed by atoms with Crippen molar-refractivity contribution in [2.45, 2.75) is 6.10 Å². The van der Waals surface area contributed by atoms with Crippen LogP contribution in [0.5, 0.6) is 0 Å². The maximum atomic E-state index is 9.17. The predicted molar refractivity (Wildman–Crippen MR) is 36.4 cm³/mol. The van der Waals surface area contributed by atoms with Crippen LogP contribution in [0.15, 0.2) is 5.11 Å². The van der Waals surface area contributed by atoms with Gasteiger partial charge in [-0.2, -0.15) is 0 Å². The number of aliphatic hydroxyl groups excluding tert-OH is 1. The highest BCUT2D eigenvalue weighted by molar-refractivity contribution is 4.81. The second-order valence-electron chi connectivity index (χ2n) is 2.40. The number of β-amino-alcohol motifs (C(OH)–C–C–N with tert-alkyl or cyclic N) is 1. The van der Waals surface area contributed by atoms with Crippen LogP contribution >= 0.6 is 0 Å². The second kappa shape index (κ2) is 3.41. The van der Waals surface area contributed by atoms with Crippen LogP contribution in [0, 0.1) is 5.92 Å². The summed E-state index contributed by atoms with van der Waals surface area (Å²) in [5.41, 5.74) is 7.97.